The molecule has 0 radical (unpaired) electrons. The fourth-order valence-electron chi connectivity index (χ4n) is 2.93. The number of ether oxygens (including phenoxy) is 1. The van der Waals surface area contributed by atoms with E-state index in [1.807, 2.05) is 31.2 Å². The standard InChI is InChI=1S/C20H21NO4S2/c1-14(20(22)25-3)13-21(27(23,24)16-9-5-4-6-10-16)19-15(2)17-11-7-8-12-18(17)26-19/h4-12,14H,13H2,1-3H3/t14-/m0/s1. The average molecular weight is 404 g/mol. The zero-order valence-electron chi connectivity index (χ0n) is 15.4. The summed E-state index contributed by atoms with van der Waals surface area (Å²) >= 11 is 1.41. The monoisotopic (exact) mass is 403 g/mol. The van der Waals surface area contributed by atoms with Gasteiger partial charge in [-0.15, -0.1) is 11.3 Å². The first-order valence-corrected chi connectivity index (χ1v) is 10.8. The summed E-state index contributed by atoms with van der Waals surface area (Å²) in [7, 11) is -2.52. The number of hydrogen-bond acceptors (Lipinski definition) is 5. The highest BCUT2D eigenvalue weighted by molar-refractivity contribution is 7.93. The Labute approximate surface area is 163 Å². The lowest BCUT2D eigenvalue weighted by Crippen LogP contribution is -2.37. The van der Waals surface area contributed by atoms with Gasteiger partial charge in [0.1, 0.15) is 5.00 Å². The van der Waals surface area contributed by atoms with E-state index in [0.29, 0.717) is 5.00 Å². The van der Waals surface area contributed by atoms with Crippen LogP contribution in [0.1, 0.15) is 12.5 Å². The summed E-state index contributed by atoms with van der Waals surface area (Å²) in [6, 6.07) is 16.1. The topological polar surface area (TPSA) is 63.7 Å². The number of methoxy groups -OCH3 is 1. The third-order valence-corrected chi connectivity index (χ3v) is 7.61. The van der Waals surface area contributed by atoms with Crippen LogP contribution >= 0.6 is 11.3 Å². The van der Waals surface area contributed by atoms with E-state index in [9.17, 15) is 13.2 Å². The molecule has 0 saturated carbocycles. The SMILES string of the molecule is COC(=O)[C@@H](C)CN(c1sc2ccccc2c1C)S(=O)(=O)c1ccccc1. The lowest BCUT2D eigenvalue weighted by molar-refractivity contribution is -0.144. The molecule has 0 aliphatic heterocycles. The minimum Gasteiger partial charge on any atom is -0.469 e. The van der Waals surface area contributed by atoms with E-state index in [4.69, 9.17) is 4.74 Å². The van der Waals surface area contributed by atoms with Crippen molar-refractivity contribution in [1.82, 2.24) is 0 Å². The second-order valence-electron chi connectivity index (χ2n) is 6.30. The number of thiophene rings is 1. The number of carbonyl (C=O) groups is 1. The van der Waals surface area contributed by atoms with Gasteiger partial charge in [-0.25, -0.2) is 8.42 Å². The summed E-state index contributed by atoms with van der Waals surface area (Å²) < 4.78 is 33.9. The third kappa shape index (κ3) is 3.70. The van der Waals surface area contributed by atoms with Crippen LogP contribution in [0.4, 0.5) is 5.00 Å². The molecule has 0 aliphatic rings. The second kappa shape index (κ2) is 7.70. The van der Waals surface area contributed by atoms with Crippen molar-refractivity contribution in [3.8, 4) is 0 Å². The highest BCUT2D eigenvalue weighted by Gasteiger charge is 2.31. The summed E-state index contributed by atoms with van der Waals surface area (Å²) in [4.78, 5) is 12.2. The van der Waals surface area contributed by atoms with Crippen LogP contribution in [0, 0.1) is 12.8 Å². The van der Waals surface area contributed by atoms with Gasteiger partial charge in [-0.05, 0) is 36.1 Å². The number of aryl methyl sites for hydroxylation is 1. The summed E-state index contributed by atoms with van der Waals surface area (Å²) in [5.41, 5.74) is 0.882. The Morgan fingerprint density at radius 2 is 1.74 bits per heavy atom. The van der Waals surface area contributed by atoms with Crippen molar-refractivity contribution in [3.63, 3.8) is 0 Å². The molecule has 0 amide bonds. The second-order valence-corrected chi connectivity index (χ2v) is 9.19. The number of carbonyl (C=O) groups excluding carboxylic acids is 1. The fraction of sp³-hybridized carbons (Fsp3) is 0.250. The van der Waals surface area contributed by atoms with Crippen LogP contribution in [0.3, 0.4) is 0 Å². The first-order chi connectivity index (χ1) is 12.9. The van der Waals surface area contributed by atoms with Crippen LogP contribution in [0.25, 0.3) is 10.1 Å². The molecule has 142 valence electrons. The van der Waals surface area contributed by atoms with Gasteiger partial charge in [0.25, 0.3) is 10.0 Å². The number of rotatable bonds is 6. The highest BCUT2D eigenvalue weighted by Crippen LogP contribution is 2.40. The summed E-state index contributed by atoms with van der Waals surface area (Å²) in [5.74, 6) is -1.04. The number of hydrogen-bond donors (Lipinski definition) is 0. The van der Waals surface area contributed by atoms with Crippen LogP contribution in [-0.4, -0.2) is 28.0 Å². The molecular weight excluding hydrogens is 382 g/mol. The van der Waals surface area contributed by atoms with Crippen LogP contribution in [0.5, 0.6) is 0 Å². The first-order valence-electron chi connectivity index (χ1n) is 8.50. The van der Waals surface area contributed by atoms with E-state index in [2.05, 4.69) is 0 Å². The van der Waals surface area contributed by atoms with Gasteiger partial charge in [0.2, 0.25) is 0 Å². The van der Waals surface area contributed by atoms with E-state index in [1.54, 1.807) is 37.3 Å². The molecule has 3 rings (SSSR count). The van der Waals surface area contributed by atoms with Gasteiger partial charge in [-0.1, -0.05) is 43.3 Å². The zero-order chi connectivity index (χ0) is 19.6. The van der Waals surface area contributed by atoms with Gasteiger partial charge in [-0.2, -0.15) is 0 Å². The number of esters is 1. The number of anilines is 1. The molecular formula is C20H21NO4S2. The molecule has 0 N–H and O–H groups in total. The minimum absolute atomic E-state index is 0.0115. The molecule has 0 bridgehead atoms. The molecule has 1 atom stereocenters. The quantitative estimate of drug-likeness (QED) is 0.578. The van der Waals surface area contributed by atoms with Crippen LogP contribution < -0.4 is 4.31 Å². The number of benzene rings is 2. The number of sulfonamides is 1. The fourth-order valence-corrected chi connectivity index (χ4v) is 6.00. The van der Waals surface area contributed by atoms with Crippen LogP contribution in [0.15, 0.2) is 59.5 Å². The molecule has 0 spiro atoms. The Bertz CT molecular complexity index is 1060. The molecule has 1 heterocycles. The zero-order valence-corrected chi connectivity index (χ0v) is 17.0. The molecule has 2 aromatic carbocycles. The largest absolute Gasteiger partial charge is 0.469 e. The van der Waals surface area contributed by atoms with Crippen molar-refractivity contribution in [2.75, 3.05) is 18.0 Å². The summed E-state index contributed by atoms with van der Waals surface area (Å²) in [5, 5.41) is 1.63. The molecule has 1 aromatic heterocycles. The Morgan fingerprint density at radius 3 is 2.37 bits per heavy atom. The lowest BCUT2D eigenvalue weighted by Gasteiger charge is -2.26. The molecule has 0 unspecified atom stereocenters. The minimum atomic E-state index is -3.83. The Hall–Kier alpha value is -2.38. The molecule has 7 heteroatoms. The highest BCUT2D eigenvalue weighted by atomic mass is 32.2. The molecule has 3 aromatic rings. The van der Waals surface area contributed by atoms with Crippen LogP contribution in [0.2, 0.25) is 0 Å². The predicted octanol–water partition coefficient (Wildman–Crippen LogP) is 4.21. The van der Waals surface area contributed by atoms with Gasteiger partial charge in [0, 0.05) is 11.2 Å². The van der Waals surface area contributed by atoms with Gasteiger partial charge in [0.05, 0.1) is 17.9 Å². The summed E-state index contributed by atoms with van der Waals surface area (Å²) in [6.07, 6.45) is 0. The van der Waals surface area contributed by atoms with Gasteiger partial charge in [-0.3, -0.25) is 9.10 Å². The molecule has 0 aliphatic carbocycles. The van der Waals surface area contributed by atoms with Gasteiger partial charge >= 0.3 is 5.97 Å². The van der Waals surface area contributed by atoms with E-state index >= 15 is 0 Å². The first kappa shape index (κ1) is 19.4. The van der Waals surface area contributed by atoms with Crippen molar-refractivity contribution in [2.24, 2.45) is 5.92 Å². The maximum absolute atomic E-state index is 13.4. The van der Waals surface area contributed by atoms with E-state index in [0.717, 1.165) is 15.6 Å². The molecule has 0 saturated heterocycles. The van der Waals surface area contributed by atoms with Crippen molar-refractivity contribution in [3.05, 3.63) is 60.2 Å². The molecule has 27 heavy (non-hydrogen) atoms. The van der Waals surface area contributed by atoms with Gasteiger partial charge < -0.3 is 4.74 Å². The lowest BCUT2D eigenvalue weighted by atomic mass is 10.1. The average Bonchev–Trinajstić information content (AvgIpc) is 3.02. The predicted molar refractivity (Wildman–Crippen MR) is 109 cm³/mol. The summed E-state index contributed by atoms with van der Waals surface area (Å²) in [6.45, 7) is 3.59. The molecule has 5 nitrogen and oxygen atoms in total. The van der Waals surface area contributed by atoms with E-state index < -0.39 is 21.9 Å². The Kier molecular flexibility index (Phi) is 5.53. The maximum atomic E-state index is 13.4. The Morgan fingerprint density at radius 1 is 1.11 bits per heavy atom. The van der Waals surface area contributed by atoms with Crippen molar-refractivity contribution in [2.45, 2.75) is 18.7 Å². The number of nitrogens with zero attached hydrogens (tertiary/aromatic N) is 1. The molecule has 0 fully saturated rings. The smallest absolute Gasteiger partial charge is 0.310 e. The van der Waals surface area contributed by atoms with Crippen LogP contribution in [-0.2, 0) is 19.6 Å². The van der Waals surface area contributed by atoms with Gasteiger partial charge in [0.15, 0.2) is 0 Å². The normalized spacial score (nSPS) is 12.7. The third-order valence-electron chi connectivity index (χ3n) is 4.42. The van der Waals surface area contributed by atoms with Crippen molar-refractivity contribution >= 4 is 42.4 Å². The van der Waals surface area contributed by atoms with Crippen molar-refractivity contribution in [1.29, 1.82) is 0 Å². The van der Waals surface area contributed by atoms with E-state index in [-0.39, 0.29) is 11.4 Å². The van der Waals surface area contributed by atoms with E-state index in [1.165, 1.54) is 22.8 Å². The number of fused-ring (bicyclic) bond motifs is 1. The van der Waals surface area contributed by atoms with Crippen molar-refractivity contribution < 1.29 is 17.9 Å². The Balaban J connectivity index is 2.15. The maximum Gasteiger partial charge on any atom is 0.310 e.